The summed E-state index contributed by atoms with van der Waals surface area (Å²) in [6, 6.07) is 11.1. The maximum atomic E-state index is 12.8. The fourth-order valence-electron chi connectivity index (χ4n) is 4.16. The van der Waals surface area contributed by atoms with Crippen molar-refractivity contribution in [2.45, 2.75) is 38.6 Å². The SMILES string of the molecule is O=C(NCc1ccnc(N2CCCCCC2)c1)C1CCN(c2ccc(Cl)cc2)C1=O. The van der Waals surface area contributed by atoms with E-state index in [-0.39, 0.29) is 11.8 Å². The lowest BCUT2D eigenvalue weighted by Gasteiger charge is -2.22. The van der Waals surface area contributed by atoms with E-state index >= 15 is 0 Å². The second kappa shape index (κ2) is 9.47. The minimum Gasteiger partial charge on any atom is -0.357 e. The molecular weight excluding hydrogens is 400 g/mol. The minimum atomic E-state index is -0.646. The molecule has 1 aromatic heterocycles. The van der Waals surface area contributed by atoms with Crippen molar-refractivity contribution >= 4 is 34.9 Å². The predicted octanol–water partition coefficient (Wildman–Crippen LogP) is 3.78. The van der Waals surface area contributed by atoms with Gasteiger partial charge in [0.2, 0.25) is 11.8 Å². The van der Waals surface area contributed by atoms with Gasteiger partial charge in [-0.2, -0.15) is 0 Å². The Kier molecular flexibility index (Phi) is 6.53. The van der Waals surface area contributed by atoms with Crippen LogP contribution in [0.3, 0.4) is 0 Å². The Balaban J connectivity index is 1.35. The number of anilines is 2. The highest BCUT2D eigenvalue weighted by molar-refractivity contribution is 6.30. The summed E-state index contributed by atoms with van der Waals surface area (Å²) in [6.07, 6.45) is 7.24. The van der Waals surface area contributed by atoms with E-state index in [1.54, 1.807) is 23.2 Å². The van der Waals surface area contributed by atoms with Gasteiger partial charge in [0.1, 0.15) is 11.7 Å². The standard InChI is InChI=1S/C23H27ClN4O2/c24-18-5-7-19(8-6-18)28-14-10-20(23(28)30)22(29)26-16-17-9-11-25-21(15-17)27-12-3-1-2-4-13-27/h5-9,11,15,20H,1-4,10,12-14,16H2,(H,26,29). The summed E-state index contributed by atoms with van der Waals surface area (Å²) in [7, 11) is 0. The average Bonchev–Trinajstić information content (AvgIpc) is 2.97. The van der Waals surface area contributed by atoms with E-state index < -0.39 is 5.92 Å². The Morgan fingerprint density at radius 1 is 1.07 bits per heavy atom. The predicted molar refractivity (Wildman–Crippen MR) is 119 cm³/mol. The lowest BCUT2D eigenvalue weighted by molar-refractivity contribution is -0.132. The average molecular weight is 427 g/mol. The number of benzene rings is 1. The second-order valence-electron chi connectivity index (χ2n) is 7.95. The number of nitrogens with zero attached hydrogens (tertiary/aromatic N) is 3. The lowest BCUT2D eigenvalue weighted by Crippen LogP contribution is -2.36. The van der Waals surface area contributed by atoms with Crippen LogP contribution < -0.4 is 15.1 Å². The molecule has 0 aliphatic carbocycles. The normalized spacial score (nSPS) is 19.6. The van der Waals surface area contributed by atoms with Crippen LogP contribution in [0, 0.1) is 5.92 Å². The van der Waals surface area contributed by atoms with E-state index in [1.165, 1.54) is 25.7 Å². The van der Waals surface area contributed by atoms with Gasteiger partial charge in [-0.25, -0.2) is 4.98 Å². The van der Waals surface area contributed by atoms with Crippen LogP contribution >= 0.6 is 11.6 Å². The zero-order chi connectivity index (χ0) is 20.9. The summed E-state index contributed by atoms with van der Waals surface area (Å²) in [4.78, 5) is 33.9. The highest BCUT2D eigenvalue weighted by Gasteiger charge is 2.37. The second-order valence-corrected chi connectivity index (χ2v) is 8.39. The Labute approximate surface area is 182 Å². The zero-order valence-corrected chi connectivity index (χ0v) is 17.8. The van der Waals surface area contributed by atoms with Crippen molar-refractivity contribution in [2.24, 2.45) is 5.92 Å². The number of amides is 2. The van der Waals surface area contributed by atoms with Gasteiger partial charge < -0.3 is 15.1 Å². The number of aromatic nitrogens is 1. The van der Waals surface area contributed by atoms with Gasteiger partial charge in [-0.05, 0) is 61.2 Å². The van der Waals surface area contributed by atoms with Crippen LogP contribution in [-0.2, 0) is 16.1 Å². The quantitative estimate of drug-likeness (QED) is 0.739. The van der Waals surface area contributed by atoms with E-state index in [0.29, 0.717) is 24.5 Å². The van der Waals surface area contributed by atoms with Gasteiger partial charge in [-0.15, -0.1) is 0 Å². The molecule has 30 heavy (non-hydrogen) atoms. The van der Waals surface area contributed by atoms with Crippen molar-refractivity contribution in [3.05, 3.63) is 53.2 Å². The molecule has 158 valence electrons. The van der Waals surface area contributed by atoms with E-state index in [4.69, 9.17) is 11.6 Å². The first kappa shape index (κ1) is 20.7. The van der Waals surface area contributed by atoms with Gasteiger partial charge in [0.25, 0.3) is 0 Å². The summed E-state index contributed by atoms with van der Waals surface area (Å²) < 4.78 is 0. The molecule has 6 nitrogen and oxygen atoms in total. The van der Waals surface area contributed by atoms with Gasteiger partial charge >= 0.3 is 0 Å². The van der Waals surface area contributed by atoms with Gasteiger partial charge in [0.05, 0.1) is 0 Å². The Bertz CT molecular complexity index is 894. The molecule has 2 saturated heterocycles. The van der Waals surface area contributed by atoms with Crippen molar-refractivity contribution in [2.75, 3.05) is 29.4 Å². The molecule has 1 atom stereocenters. The first-order valence-corrected chi connectivity index (χ1v) is 11.0. The van der Waals surface area contributed by atoms with Crippen LogP contribution in [0.1, 0.15) is 37.7 Å². The number of nitrogens with one attached hydrogen (secondary N) is 1. The topological polar surface area (TPSA) is 65.5 Å². The van der Waals surface area contributed by atoms with Gasteiger partial charge in [0.15, 0.2) is 0 Å². The molecule has 1 aromatic carbocycles. The summed E-state index contributed by atoms with van der Waals surface area (Å²) in [5, 5.41) is 3.56. The molecule has 2 aliphatic heterocycles. The molecule has 2 aromatic rings. The van der Waals surface area contributed by atoms with Crippen LogP contribution in [0.2, 0.25) is 5.02 Å². The van der Waals surface area contributed by atoms with Crippen LogP contribution in [0.5, 0.6) is 0 Å². The third-order valence-electron chi connectivity index (χ3n) is 5.87. The number of hydrogen-bond donors (Lipinski definition) is 1. The number of carbonyl (C=O) groups is 2. The zero-order valence-electron chi connectivity index (χ0n) is 17.0. The molecule has 2 amide bonds. The van der Waals surface area contributed by atoms with Crippen molar-refractivity contribution in [3.8, 4) is 0 Å². The largest absolute Gasteiger partial charge is 0.357 e. The van der Waals surface area contributed by atoms with Crippen LogP contribution in [0.25, 0.3) is 0 Å². The minimum absolute atomic E-state index is 0.158. The molecule has 1 N–H and O–H groups in total. The van der Waals surface area contributed by atoms with Gasteiger partial charge in [0, 0.05) is 43.1 Å². The van der Waals surface area contributed by atoms with Crippen LogP contribution in [-0.4, -0.2) is 36.4 Å². The maximum Gasteiger partial charge on any atom is 0.239 e. The number of pyridine rings is 1. The summed E-state index contributed by atoms with van der Waals surface area (Å²) in [6.45, 7) is 2.99. The molecule has 4 rings (SSSR count). The number of carbonyl (C=O) groups excluding carboxylic acids is 2. The molecule has 0 radical (unpaired) electrons. The fraction of sp³-hybridized carbons (Fsp3) is 0.435. The summed E-state index contributed by atoms with van der Waals surface area (Å²) >= 11 is 5.93. The molecule has 0 bridgehead atoms. The first-order valence-electron chi connectivity index (χ1n) is 10.7. The third-order valence-corrected chi connectivity index (χ3v) is 6.12. The molecule has 1 unspecified atom stereocenters. The van der Waals surface area contributed by atoms with Crippen molar-refractivity contribution in [1.29, 1.82) is 0 Å². The molecular formula is C23H27ClN4O2. The van der Waals surface area contributed by atoms with Gasteiger partial charge in [-0.3, -0.25) is 9.59 Å². The summed E-state index contributed by atoms with van der Waals surface area (Å²) in [5.41, 5.74) is 1.77. The van der Waals surface area contributed by atoms with Crippen LogP contribution in [0.4, 0.5) is 11.5 Å². The molecule has 3 heterocycles. The third kappa shape index (κ3) is 4.75. The maximum absolute atomic E-state index is 12.8. The summed E-state index contributed by atoms with van der Waals surface area (Å²) in [5.74, 6) is -0.0542. The Morgan fingerprint density at radius 2 is 1.80 bits per heavy atom. The highest BCUT2D eigenvalue weighted by Crippen LogP contribution is 2.26. The monoisotopic (exact) mass is 426 g/mol. The Hall–Kier alpha value is -2.60. The first-order chi connectivity index (χ1) is 14.6. The van der Waals surface area contributed by atoms with Gasteiger partial charge in [-0.1, -0.05) is 24.4 Å². The van der Waals surface area contributed by atoms with Crippen molar-refractivity contribution in [3.63, 3.8) is 0 Å². The Morgan fingerprint density at radius 3 is 2.53 bits per heavy atom. The van der Waals surface area contributed by atoms with E-state index in [0.717, 1.165) is 30.2 Å². The van der Waals surface area contributed by atoms with E-state index in [9.17, 15) is 9.59 Å². The highest BCUT2D eigenvalue weighted by atomic mass is 35.5. The van der Waals surface area contributed by atoms with Crippen molar-refractivity contribution < 1.29 is 9.59 Å². The fourth-order valence-corrected chi connectivity index (χ4v) is 4.28. The number of hydrogen-bond acceptors (Lipinski definition) is 4. The molecule has 7 heteroatoms. The lowest BCUT2D eigenvalue weighted by atomic mass is 10.1. The van der Waals surface area contributed by atoms with E-state index in [1.807, 2.05) is 24.3 Å². The van der Waals surface area contributed by atoms with Crippen LogP contribution in [0.15, 0.2) is 42.6 Å². The molecule has 0 saturated carbocycles. The van der Waals surface area contributed by atoms with Crippen molar-refractivity contribution in [1.82, 2.24) is 10.3 Å². The molecule has 0 spiro atoms. The number of rotatable bonds is 5. The molecule has 2 aliphatic rings. The molecule has 2 fully saturated rings. The van der Waals surface area contributed by atoms with E-state index in [2.05, 4.69) is 15.2 Å². The number of halogens is 1. The smallest absolute Gasteiger partial charge is 0.239 e.